The molecule has 80 valence electrons. The molecule has 1 aliphatic rings. The standard InChI is InChI=1S/C10H9BrO3S/c1-14-10(13)7-5-3-2-4-6(12)8(5)15-9(7)11/h2-4H2,1H3. The molecular weight excluding hydrogens is 280 g/mol. The molecular formula is C10H9BrO3S. The van der Waals surface area contributed by atoms with Crippen molar-refractivity contribution in [1.29, 1.82) is 0 Å². The van der Waals surface area contributed by atoms with Crippen LogP contribution in [0.15, 0.2) is 3.79 Å². The first-order valence-corrected chi connectivity index (χ1v) is 6.18. The summed E-state index contributed by atoms with van der Waals surface area (Å²) in [6, 6.07) is 0. The Labute approximate surface area is 99.6 Å². The molecule has 5 heteroatoms. The predicted molar refractivity (Wildman–Crippen MR) is 60.6 cm³/mol. The number of hydrogen-bond donors (Lipinski definition) is 0. The second-order valence-corrected chi connectivity index (χ2v) is 5.67. The Hall–Kier alpha value is -0.680. The smallest absolute Gasteiger partial charge is 0.340 e. The highest BCUT2D eigenvalue weighted by Crippen LogP contribution is 2.37. The zero-order valence-electron chi connectivity index (χ0n) is 8.13. The van der Waals surface area contributed by atoms with Crippen LogP contribution in [0.1, 0.15) is 38.4 Å². The third-order valence-electron chi connectivity index (χ3n) is 2.44. The van der Waals surface area contributed by atoms with Gasteiger partial charge in [0.2, 0.25) is 0 Å². The lowest BCUT2D eigenvalue weighted by Crippen LogP contribution is -2.11. The Morgan fingerprint density at radius 3 is 2.87 bits per heavy atom. The molecule has 0 saturated carbocycles. The van der Waals surface area contributed by atoms with E-state index in [1.54, 1.807) is 0 Å². The van der Waals surface area contributed by atoms with Gasteiger partial charge >= 0.3 is 5.97 Å². The van der Waals surface area contributed by atoms with E-state index < -0.39 is 0 Å². The molecule has 0 radical (unpaired) electrons. The molecule has 0 aromatic carbocycles. The molecule has 15 heavy (non-hydrogen) atoms. The first-order chi connectivity index (χ1) is 7.15. The fourth-order valence-electron chi connectivity index (χ4n) is 1.74. The number of halogens is 1. The Morgan fingerprint density at radius 1 is 1.47 bits per heavy atom. The van der Waals surface area contributed by atoms with Crippen LogP contribution in [0.2, 0.25) is 0 Å². The van der Waals surface area contributed by atoms with Crippen LogP contribution in [-0.4, -0.2) is 18.9 Å². The van der Waals surface area contributed by atoms with Gasteiger partial charge in [-0.2, -0.15) is 0 Å². The van der Waals surface area contributed by atoms with Gasteiger partial charge in [0.15, 0.2) is 5.78 Å². The van der Waals surface area contributed by atoms with E-state index in [2.05, 4.69) is 15.9 Å². The molecule has 0 unspecified atom stereocenters. The SMILES string of the molecule is COC(=O)c1c(Br)sc2c1CCCC2=O. The van der Waals surface area contributed by atoms with Crippen molar-refractivity contribution in [3.8, 4) is 0 Å². The summed E-state index contributed by atoms with van der Waals surface area (Å²) in [6.45, 7) is 0. The van der Waals surface area contributed by atoms with Crippen LogP contribution >= 0.6 is 27.3 Å². The first-order valence-electron chi connectivity index (χ1n) is 4.57. The quantitative estimate of drug-likeness (QED) is 0.747. The van der Waals surface area contributed by atoms with E-state index >= 15 is 0 Å². The monoisotopic (exact) mass is 288 g/mol. The highest BCUT2D eigenvalue weighted by molar-refractivity contribution is 9.11. The van der Waals surface area contributed by atoms with E-state index in [0.29, 0.717) is 20.6 Å². The molecule has 0 aliphatic heterocycles. The van der Waals surface area contributed by atoms with Crippen LogP contribution in [0.5, 0.6) is 0 Å². The summed E-state index contributed by atoms with van der Waals surface area (Å²) in [5, 5.41) is 0. The van der Waals surface area contributed by atoms with E-state index in [1.165, 1.54) is 18.4 Å². The Bertz CT molecular complexity index is 436. The van der Waals surface area contributed by atoms with Crippen LogP contribution in [0, 0.1) is 0 Å². The number of hydrogen-bond acceptors (Lipinski definition) is 4. The molecule has 0 N–H and O–H groups in total. The van der Waals surface area contributed by atoms with Gasteiger partial charge in [0, 0.05) is 6.42 Å². The van der Waals surface area contributed by atoms with Gasteiger partial charge < -0.3 is 4.74 Å². The van der Waals surface area contributed by atoms with Crippen molar-refractivity contribution in [2.24, 2.45) is 0 Å². The van der Waals surface area contributed by atoms with Gasteiger partial charge in [-0.05, 0) is 34.3 Å². The molecule has 0 saturated heterocycles. The van der Waals surface area contributed by atoms with Crippen molar-refractivity contribution >= 4 is 39.0 Å². The number of rotatable bonds is 1. The number of ether oxygens (including phenoxy) is 1. The molecule has 0 spiro atoms. The van der Waals surface area contributed by atoms with Crippen molar-refractivity contribution < 1.29 is 14.3 Å². The number of thiophene rings is 1. The molecule has 0 amide bonds. The van der Waals surface area contributed by atoms with Crippen molar-refractivity contribution in [1.82, 2.24) is 0 Å². The average molecular weight is 289 g/mol. The van der Waals surface area contributed by atoms with Gasteiger partial charge in [-0.25, -0.2) is 4.79 Å². The topological polar surface area (TPSA) is 43.4 Å². The molecule has 1 heterocycles. The molecule has 2 rings (SSSR count). The lowest BCUT2D eigenvalue weighted by Gasteiger charge is -2.10. The summed E-state index contributed by atoms with van der Waals surface area (Å²) in [5.74, 6) is -0.230. The van der Waals surface area contributed by atoms with E-state index in [-0.39, 0.29) is 11.8 Å². The second-order valence-electron chi connectivity index (χ2n) is 3.33. The lowest BCUT2D eigenvalue weighted by atomic mass is 9.95. The molecule has 0 atom stereocenters. The van der Waals surface area contributed by atoms with E-state index in [9.17, 15) is 9.59 Å². The minimum absolute atomic E-state index is 0.136. The predicted octanol–water partition coefficient (Wildman–Crippen LogP) is 2.82. The minimum Gasteiger partial charge on any atom is -0.465 e. The zero-order chi connectivity index (χ0) is 11.0. The van der Waals surface area contributed by atoms with Gasteiger partial charge in [-0.15, -0.1) is 11.3 Å². The van der Waals surface area contributed by atoms with Crippen molar-refractivity contribution in [3.05, 3.63) is 19.8 Å². The third-order valence-corrected chi connectivity index (χ3v) is 4.38. The summed E-state index contributed by atoms with van der Waals surface area (Å²) in [4.78, 5) is 23.8. The fourth-order valence-corrected chi connectivity index (χ4v) is 3.66. The number of methoxy groups -OCH3 is 1. The number of carbonyl (C=O) groups is 2. The van der Waals surface area contributed by atoms with Gasteiger partial charge in [0.05, 0.1) is 21.3 Å². The number of ketones is 1. The number of Topliss-reactive ketones (excluding diaryl/α,β-unsaturated/α-hetero) is 1. The number of fused-ring (bicyclic) bond motifs is 1. The van der Waals surface area contributed by atoms with E-state index in [0.717, 1.165) is 18.4 Å². The third kappa shape index (κ3) is 1.74. The molecule has 1 aromatic heterocycles. The minimum atomic E-state index is -0.367. The van der Waals surface area contributed by atoms with Crippen LogP contribution in [0.25, 0.3) is 0 Å². The number of esters is 1. The van der Waals surface area contributed by atoms with Crippen LogP contribution in [0.4, 0.5) is 0 Å². The van der Waals surface area contributed by atoms with Gasteiger partial charge in [0.25, 0.3) is 0 Å². The van der Waals surface area contributed by atoms with Crippen LogP contribution in [-0.2, 0) is 11.2 Å². The largest absolute Gasteiger partial charge is 0.465 e. The molecule has 0 fully saturated rings. The molecule has 3 nitrogen and oxygen atoms in total. The summed E-state index contributed by atoms with van der Waals surface area (Å²) in [5.41, 5.74) is 1.39. The van der Waals surface area contributed by atoms with Crippen molar-refractivity contribution in [3.63, 3.8) is 0 Å². The molecule has 1 aliphatic carbocycles. The molecule has 1 aromatic rings. The van der Waals surface area contributed by atoms with Crippen LogP contribution < -0.4 is 0 Å². The highest BCUT2D eigenvalue weighted by Gasteiger charge is 2.28. The maximum atomic E-state index is 11.6. The molecule has 0 bridgehead atoms. The van der Waals surface area contributed by atoms with Gasteiger partial charge in [-0.1, -0.05) is 0 Å². The Morgan fingerprint density at radius 2 is 2.20 bits per heavy atom. The van der Waals surface area contributed by atoms with Crippen molar-refractivity contribution in [2.75, 3.05) is 7.11 Å². The normalized spacial score (nSPS) is 14.9. The maximum absolute atomic E-state index is 11.6. The summed E-state index contributed by atoms with van der Waals surface area (Å²) in [7, 11) is 1.35. The first kappa shape index (κ1) is 10.8. The van der Waals surface area contributed by atoms with Gasteiger partial charge in [-0.3, -0.25) is 4.79 Å². The van der Waals surface area contributed by atoms with Crippen LogP contribution in [0.3, 0.4) is 0 Å². The highest BCUT2D eigenvalue weighted by atomic mass is 79.9. The summed E-state index contributed by atoms with van der Waals surface area (Å²) in [6.07, 6.45) is 2.19. The summed E-state index contributed by atoms with van der Waals surface area (Å²) >= 11 is 4.65. The maximum Gasteiger partial charge on any atom is 0.340 e. The van der Waals surface area contributed by atoms with Gasteiger partial charge in [0.1, 0.15) is 0 Å². The average Bonchev–Trinajstić information content (AvgIpc) is 2.55. The number of carbonyl (C=O) groups excluding carboxylic acids is 2. The van der Waals surface area contributed by atoms with E-state index in [1.807, 2.05) is 0 Å². The lowest BCUT2D eigenvalue weighted by molar-refractivity contribution is 0.0599. The fraction of sp³-hybridized carbons (Fsp3) is 0.400. The zero-order valence-corrected chi connectivity index (χ0v) is 10.5. The summed E-state index contributed by atoms with van der Waals surface area (Å²) < 4.78 is 5.41. The van der Waals surface area contributed by atoms with Crippen molar-refractivity contribution in [2.45, 2.75) is 19.3 Å². The second kappa shape index (κ2) is 4.06. The Kier molecular flexibility index (Phi) is 2.93. The Balaban J connectivity index is 2.56. The van der Waals surface area contributed by atoms with E-state index in [4.69, 9.17) is 4.74 Å².